The largest absolute Gasteiger partial charge is 0.316 e. The first kappa shape index (κ1) is 15.9. The van der Waals surface area contributed by atoms with Gasteiger partial charge in [0.25, 0.3) is 0 Å². The molecule has 3 aliphatic rings. The zero-order valence-corrected chi connectivity index (χ0v) is 16.0. The number of benzene rings is 1. The van der Waals surface area contributed by atoms with Crippen molar-refractivity contribution in [3.63, 3.8) is 0 Å². The van der Waals surface area contributed by atoms with Crippen LogP contribution in [-0.4, -0.2) is 23.6 Å². The van der Waals surface area contributed by atoms with Gasteiger partial charge in [-0.05, 0) is 34.0 Å². The lowest BCUT2D eigenvalue weighted by Gasteiger charge is -2.24. The van der Waals surface area contributed by atoms with Crippen LogP contribution >= 0.6 is 15.9 Å². The number of hydrazone groups is 1. The van der Waals surface area contributed by atoms with Gasteiger partial charge < -0.3 is 14.8 Å². The Morgan fingerprint density at radius 1 is 1.42 bits per heavy atom. The average molecular weight is 410 g/mol. The first-order valence-electron chi connectivity index (χ1n) is 8.88. The van der Waals surface area contributed by atoms with Crippen molar-refractivity contribution < 1.29 is 0 Å². The van der Waals surface area contributed by atoms with Crippen LogP contribution in [-0.2, 0) is 6.54 Å². The lowest BCUT2D eigenvalue weighted by atomic mass is 9.91. The molecule has 1 aromatic carbocycles. The molecule has 132 valence electrons. The highest BCUT2D eigenvalue weighted by Crippen LogP contribution is 2.45. The summed E-state index contributed by atoms with van der Waals surface area (Å²) in [5.74, 6) is 1.37. The molecule has 0 radical (unpaired) electrons. The molecule has 2 N–H and O–H groups in total. The van der Waals surface area contributed by atoms with Crippen LogP contribution in [0, 0.1) is 0 Å². The normalized spacial score (nSPS) is 19.2. The van der Waals surface area contributed by atoms with Crippen LogP contribution in [0.2, 0.25) is 0 Å². The molecule has 2 aromatic rings. The molecular formula is C20H20BrN5. The second-order valence-corrected chi connectivity index (χ2v) is 7.61. The average Bonchev–Trinajstić information content (AvgIpc) is 3.24. The number of hydrogen-bond acceptors (Lipinski definition) is 4. The molecule has 0 spiro atoms. The predicted octanol–water partition coefficient (Wildman–Crippen LogP) is 3.71. The van der Waals surface area contributed by atoms with Crippen molar-refractivity contribution in [2.75, 3.05) is 18.1 Å². The number of halogens is 1. The number of nitrogens with one attached hydrogen (secondary N) is 2. The Bertz CT molecular complexity index is 955. The fourth-order valence-electron chi connectivity index (χ4n) is 4.20. The van der Waals surface area contributed by atoms with E-state index < -0.39 is 0 Å². The Balaban J connectivity index is 1.77. The van der Waals surface area contributed by atoms with E-state index in [0.29, 0.717) is 6.67 Å². The summed E-state index contributed by atoms with van der Waals surface area (Å²) in [5.41, 5.74) is 9.48. The number of hydrogen-bond donors (Lipinski definition) is 2. The van der Waals surface area contributed by atoms with Crippen molar-refractivity contribution in [2.24, 2.45) is 5.10 Å². The summed E-state index contributed by atoms with van der Waals surface area (Å²) in [6.45, 7) is 6.11. The summed E-state index contributed by atoms with van der Waals surface area (Å²) in [7, 11) is 0. The molecule has 0 bridgehead atoms. The zero-order chi connectivity index (χ0) is 17.7. The molecule has 26 heavy (non-hydrogen) atoms. The van der Waals surface area contributed by atoms with Gasteiger partial charge in [0.05, 0.1) is 17.3 Å². The van der Waals surface area contributed by atoms with Gasteiger partial charge >= 0.3 is 0 Å². The van der Waals surface area contributed by atoms with E-state index in [4.69, 9.17) is 0 Å². The standard InChI is InChI=1S/C20H20BrN5/c1-2-9-22-10-13-5-3-8-17-18(13)25-11-16(21)14-6-4-7-15(19(14)25)20-24-23-12-26(17)20/h2-6,8,11,15,22-23H,1,7,9-10,12H2. The summed E-state index contributed by atoms with van der Waals surface area (Å²) in [5, 5.41) is 8.11. The molecule has 0 saturated heterocycles. The first-order chi connectivity index (χ1) is 12.8. The maximum Gasteiger partial charge on any atom is 0.140 e. The van der Waals surface area contributed by atoms with Crippen LogP contribution < -0.4 is 15.6 Å². The molecule has 3 heterocycles. The summed E-state index contributed by atoms with van der Waals surface area (Å²) in [6.07, 6.45) is 9.55. The maximum atomic E-state index is 4.66. The number of aromatic nitrogens is 1. The number of anilines is 1. The van der Waals surface area contributed by atoms with Crippen molar-refractivity contribution in [1.29, 1.82) is 0 Å². The molecule has 5 rings (SSSR count). The molecule has 6 heteroatoms. The molecule has 0 fully saturated rings. The highest BCUT2D eigenvalue weighted by molar-refractivity contribution is 9.10. The maximum absolute atomic E-state index is 4.66. The summed E-state index contributed by atoms with van der Waals surface area (Å²) in [4.78, 5) is 2.32. The lowest BCUT2D eigenvalue weighted by Crippen LogP contribution is -2.32. The molecule has 0 saturated carbocycles. The van der Waals surface area contributed by atoms with E-state index in [1.165, 1.54) is 28.2 Å². The number of allylic oxidation sites excluding steroid dienone is 1. The SMILES string of the molecule is C=CCNCc1cccc2c1-n1cc(Br)c3c1C(CC=C3)C1=NNCN12. The van der Waals surface area contributed by atoms with Crippen LogP contribution in [0.1, 0.15) is 29.2 Å². The van der Waals surface area contributed by atoms with E-state index >= 15 is 0 Å². The van der Waals surface area contributed by atoms with E-state index in [9.17, 15) is 0 Å². The topological polar surface area (TPSA) is 44.6 Å². The van der Waals surface area contributed by atoms with Gasteiger partial charge in [-0.25, -0.2) is 0 Å². The highest BCUT2D eigenvalue weighted by Gasteiger charge is 2.38. The van der Waals surface area contributed by atoms with Gasteiger partial charge in [-0.2, -0.15) is 5.10 Å². The van der Waals surface area contributed by atoms with Gasteiger partial charge in [0.15, 0.2) is 0 Å². The van der Waals surface area contributed by atoms with Crippen LogP contribution in [0.3, 0.4) is 0 Å². The molecule has 0 amide bonds. The Hall–Kier alpha value is -2.31. The molecule has 1 unspecified atom stereocenters. The van der Waals surface area contributed by atoms with E-state index in [-0.39, 0.29) is 5.92 Å². The fourth-order valence-corrected chi connectivity index (χ4v) is 4.74. The van der Waals surface area contributed by atoms with Gasteiger partial charge in [0.2, 0.25) is 0 Å². The lowest BCUT2D eigenvalue weighted by molar-refractivity contribution is 0.747. The Labute approximate surface area is 161 Å². The smallest absolute Gasteiger partial charge is 0.140 e. The summed E-state index contributed by atoms with van der Waals surface area (Å²) >= 11 is 3.77. The van der Waals surface area contributed by atoms with Gasteiger partial charge in [0.1, 0.15) is 12.5 Å². The van der Waals surface area contributed by atoms with Crippen molar-refractivity contribution >= 4 is 33.5 Å². The van der Waals surface area contributed by atoms with Crippen LogP contribution in [0.4, 0.5) is 5.69 Å². The number of para-hydroxylation sites is 1. The molecule has 1 aromatic heterocycles. The Morgan fingerprint density at radius 3 is 3.23 bits per heavy atom. The molecule has 1 aliphatic carbocycles. The summed E-state index contributed by atoms with van der Waals surface area (Å²) < 4.78 is 3.50. The fraction of sp³-hybridized carbons (Fsp3) is 0.250. The highest BCUT2D eigenvalue weighted by atomic mass is 79.9. The summed E-state index contributed by atoms with van der Waals surface area (Å²) in [6, 6.07) is 6.53. The third kappa shape index (κ3) is 2.22. The number of nitrogens with zero attached hydrogens (tertiary/aromatic N) is 3. The van der Waals surface area contributed by atoms with Crippen LogP contribution in [0.15, 0.2) is 52.7 Å². The van der Waals surface area contributed by atoms with E-state index in [1.54, 1.807) is 0 Å². The van der Waals surface area contributed by atoms with Gasteiger partial charge in [0, 0.05) is 35.0 Å². The van der Waals surface area contributed by atoms with Crippen molar-refractivity contribution in [3.05, 3.63) is 64.4 Å². The van der Waals surface area contributed by atoms with Crippen LogP contribution in [0.25, 0.3) is 11.8 Å². The molecular weight excluding hydrogens is 390 g/mol. The third-order valence-electron chi connectivity index (χ3n) is 5.27. The zero-order valence-electron chi connectivity index (χ0n) is 14.4. The Kier molecular flexibility index (Phi) is 3.76. The second-order valence-electron chi connectivity index (χ2n) is 6.76. The minimum atomic E-state index is 0.262. The first-order valence-corrected chi connectivity index (χ1v) is 9.68. The second kappa shape index (κ2) is 6.14. The Morgan fingerprint density at radius 2 is 2.35 bits per heavy atom. The van der Waals surface area contributed by atoms with Crippen molar-refractivity contribution in [2.45, 2.75) is 18.9 Å². The van der Waals surface area contributed by atoms with Crippen molar-refractivity contribution in [1.82, 2.24) is 15.3 Å². The van der Waals surface area contributed by atoms with E-state index in [1.807, 2.05) is 6.08 Å². The molecule has 5 nitrogen and oxygen atoms in total. The minimum Gasteiger partial charge on any atom is -0.316 e. The van der Waals surface area contributed by atoms with Gasteiger partial charge in [-0.3, -0.25) is 5.43 Å². The van der Waals surface area contributed by atoms with Crippen LogP contribution in [0.5, 0.6) is 0 Å². The minimum absolute atomic E-state index is 0.262. The van der Waals surface area contributed by atoms with Crippen molar-refractivity contribution in [3.8, 4) is 5.69 Å². The predicted molar refractivity (Wildman–Crippen MR) is 110 cm³/mol. The molecule has 1 atom stereocenters. The van der Waals surface area contributed by atoms with Gasteiger partial charge in [-0.15, -0.1) is 6.58 Å². The number of amidine groups is 1. The quantitative estimate of drug-likeness (QED) is 0.597. The monoisotopic (exact) mass is 409 g/mol. The van der Waals surface area contributed by atoms with Gasteiger partial charge in [-0.1, -0.05) is 30.4 Å². The number of fused-ring (bicyclic) bond motifs is 5. The van der Waals surface area contributed by atoms with E-state index in [2.05, 4.69) is 84.4 Å². The third-order valence-corrected chi connectivity index (χ3v) is 5.90. The van der Waals surface area contributed by atoms with E-state index in [0.717, 1.165) is 29.8 Å². The molecule has 2 aliphatic heterocycles. The number of rotatable bonds is 4.